The van der Waals surface area contributed by atoms with Crippen molar-refractivity contribution in [1.29, 1.82) is 0 Å². The van der Waals surface area contributed by atoms with Crippen LogP contribution in [0.1, 0.15) is 38.4 Å². The van der Waals surface area contributed by atoms with Crippen LogP contribution in [-0.2, 0) is 14.9 Å². The molecule has 3 rings (SSSR count). The predicted octanol–water partition coefficient (Wildman–Crippen LogP) is 3.22. The van der Waals surface area contributed by atoms with Crippen LogP contribution in [0.2, 0.25) is 0 Å². The number of para-hydroxylation sites is 1. The molecule has 0 bridgehead atoms. The molecule has 27 heavy (non-hydrogen) atoms. The molecule has 1 unspecified atom stereocenters. The second-order valence-corrected chi connectivity index (χ2v) is 7.84. The van der Waals surface area contributed by atoms with Gasteiger partial charge in [-0.25, -0.2) is 4.68 Å². The number of benzene rings is 1. The maximum Gasteiger partial charge on any atom is 0.227 e. The highest BCUT2D eigenvalue weighted by Crippen LogP contribution is 2.27. The summed E-state index contributed by atoms with van der Waals surface area (Å²) in [7, 11) is 0. The number of rotatable bonds is 4. The number of carbonyl (C=O) groups is 1. The van der Waals surface area contributed by atoms with Crippen LogP contribution in [0.3, 0.4) is 0 Å². The fraction of sp³-hybridized carbons (Fsp3) is 0.500. The monoisotopic (exact) mass is 392 g/mol. The van der Waals surface area contributed by atoms with Crippen molar-refractivity contribution in [3.63, 3.8) is 0 Å². The zero-order valence-corrected chi connectivity index (χ0v) is 17.2. The van der Waals surface area contributed by atoms with Crippen LogP contribution >= 0.6 is 12.4 Å². The minimum absolute atomic E-state index is 0. The molecule has 0 aliphatic carbocycles. The quantitative estimate of drug-likeness (QED) is 0.838. The first-order valence-electron chi connectivity index (χ1n) is 9.12. The van der Waals surface area contributed by atoms with E-state index in [0.717, 1.165) is 23.5 Å². The van der Waals surface area contributed by atoms with E-state index < -0.39 is 0 Å². The van der Waals surface area contributed by atoms with Crippen molar-refractivity contribution < 1.29 is 9.53 Å². The highest BCUT2D eigenvalue weighted by atomic mass is 35.5. The number of hydrogen-bond donors (Lipinski definition) is 2. The highest BCUT2D eigenvalue weighted by Gasteiger charge is 2.23. The van der Waals surface area contributed by atoms with Gasteiger partial charge in [-0.05, 0) is 18.6 Å². The van der Waals surface area contributed by atoms with E-state index in [4.69, 9.17) is 9.84 Å². The molecule has 2 heterocycles. The Kier molecular flexibility index (Phi) is 7.03. The van der Waals surface area contributed by atoms with E-state index >= 15 is 0 Å². The Bertz CT molecular complexity index is 777. The number of nitrogens with zero attached hydrogens (tertiary/aromatic N) is 2. The van der Waals surface area contributed by atoms with Crippen LogP contribution in [-0.4, -0.2) is 41.5 Å². The predicted molar refractivity (Wildman–Crippen MR) is 110 cm³/mol. The van der Waals surface area contributed by atoms with Crippen molar-refractivity contribution in [2.24, 2.45) is 0 Å². The second-order valence-electron chi connectivity index (χ2n) is 7.84. The van der Waals surface area contributed by atoms with Crippen molar-refractivity contribution in [2.45, 2.75) is 45.6 Å². The van der Waals surface area contributed by atoms with Crippen molar-refractivity contribution in [3.05, 3.63) is 41.6 Å². The molecular weight excluding hydrogens is 364 g/mol. The number of aryl methyl sites for hydroxylation is 1. The molecule has 1 aromatic heterocycles. The first-order chi connectivity index (χ1) is 12.3. The van der Waals surface area contributed by atoms with Crippen molar-refractivity contribution in [2.75, 3.05) is 25.1 Å². The SMILES string of the molecule is Cc1ccccc1-n1nc(C(C)(C)C)cc1NC(=O)CC1COCCN1.Cl. The van der Waals surface area contributed by atoms with Gasteiger partial charge in [-0.2, -0.15) is 5.10 Å². The van der Waals surface area contributed by atoms with Gasteiger partial charge in [0.1, 0.15) is 5.82 Å². The van der Waals surface area contributed by atoms with Crippen LogP contribution in [0.4, 0.5) is 5.82 Å². The Morgan fingerprint density at radius 2 is 2.11 bits per heavy atom. The lowest BCUT2D eigenvalue weighted by Gasteiger charge is -2.23. The molecule has 0 spiro atoms. The summed E-state index contributed by atoms with van der Waals surface area (Å²) in [5, 5.41) is 11.1. The van der Waals surface area contributed by atoms with Gasteiger partial charge in [-0.3, -0.25) is 4.79 Å². The number of morpholine rings is 1. The number of amides is 1. The van der Waals surface area contributed by atoms with E-state index in [-0.39, 0.29) is 29.8 Å². The van der Waals surface area contributed by atoms with E-state index in [1.807, 2.05) is 41.9 Å². The zero-order valence-electron chi connectivity index (χ0n) is 16.4. The van der Waals surface area contributed by atoms with Gasteiger partial charge in [0.2, 0.25) is 5.91 Å². The largest absolute Gasteiger partial charge is 0.378 e. The highest BCUT2D eigenvalue weighted by molar-refractivity contribution is 5.90. The zero-order chi connectivity index (χ0) is 18.7. The first-order valence-corrected chi connectivity index (χ1v) is 9.12. The van der Waals surface area contributed by atoms with Crippen molar-refractivity contribution in [3.8, 4) is 5.69 Å². The third-order valence-corrected chi connectivity index (χ3v) is 4.52. The van der Waals surface area contributed by atoms with Gasteiger partial charge in [0.15, 0.2) is 0 Å². The number of nitrogens with one attached hydrogen (secondary N) is 2. The summed E-state index contributed by atoms with van der Waals surface area (Å²) in [6, 6.07) is 10.1. The fourth-order valence-corrected chi connectivity index (χ4v) is 2.99. The lowest BCUT2D eigenvalue weighted by atomic mass is 9.92. The van der Waals surface area contributed by atoms with Gasteiger partial charge >= 0.3 is 0 Å². The average Bonchev–Trinajstić information content (AvgIpc) is 3.00. The molecule has 7 heteroatoms. The van der Waals surface area contributed by atoms with E-state index in [9.17, 15) is 4.79 Å². The van der Waals surface area contributed by atoms with Gasteiger partial charge in [0.05, 0.1) is 24.6 Å². The molecule has 0 radical (unpaired) electrons. The van der Waals surface area contributed by atoms with Gasteiger partial charge < -0.3 is 15.4 Å². The summed E-state index contributed by atoms with van der Waals surface area (Å²) in [6.07, 6.45) is 0.379. The summed E-state index contributed by atoms with van der Waals surface area (Å²) in [4.78, 5) is 12.6. The van der Waals surface area contributed by atoms with Crippen molar-refractivity contribution >= 4 is 24.1 Å². The third-order valence-electron chi connectivity index (χ3n) is 4.52. The van der Waals surface area contributed by atoms with Crippen LogP contribution in [0, 0.1) is 6.92 Å². The van der Waals surface area contributed by atoms with E-state index in [1.165, 1.54) is 0 Å². The smallest absolute Gasteiger partial charge is 0.227 e. The van der Waals surface area contributed by atoms with Gasteiger partial charge in [0, 0.05) is 30.5 Å². The summed E-state index contributed by atoms with van der Waals surface area (Å²) >= 11 is 0. The molecule has 2 aromatic rings. The fourth-order valence-electron chi connectivity index (χ4n) is 2.99. The molecule has 1 amide bonds. The minimum Gasteiger partial charge on any atom is -0.378 e. The molecule has 1 saturated heterocycles. The summed E-state index contributed by atoms with van der Waals surface area (Å²) in [5.41, 5.74) is 2.91. The molecule has 1 fully saturated rings. The number of carbonyl (C=O) groups excluding carboxylic acids is 1. The second kappa shape index (κ2) is 8.87. The molecule has 0 saturated carbocycles. The number of ether oxygens (including phenoxy) is 1. The van der Waals surface area contributed by atoms with Gasteiger partial charge in [-0.15, -0.1) is 12.4 Å². The average molecular weight is 393 g/mol. The molecule has 1 aliphatic heterocycles. The lowest BCUT2D eigenvalue weighted by molar-refractivity contribution is -0.117. The molecule has 6 nitrogen and oxygen atoms in total. The van der Waals surface area contributed by atoms with Crippen LogP contribution in [0.15, 0.2) is 30.3 Å². The molecule has 1 aromatic carbocycles. The van der Waals surface area contributed by atoms with Crippen LogP contribution < -0.4 is 10.6 Å². The Hall–Kier alpha value is -1.89. The molecule has 1 aliphatic rings. The maximum atomic E-state index is 12.6. The van der Waals surface area contributed by atoms with E-state index in [1.54, 1.807) is 0 Å². The molecule has 2 N–H and O–H groups in total. The van der Waals surface area contributed by atoms with Crippen molar-refractivity contribution in [1.82, 2.24) is 15.1 Å². The Morgan fingerprint density at radius 1 is 1.37 bits per heavy atom. The summed E-state index contributed by atoms with van der Waals surface area (Å²) in [5.74, 6) is 0.661. The maximum absolute atomic E-state index is 12.6. The summed E-state index contributed by atoms with van der Waals surface area (Å²) < 4.78 is 7.26. The van der Waals surface area contributed by atoms with E-state index in [2.05, 4.69) is 31.4 Å². The molecule has 148 valence electrons. The molecular formula is C20H29ClN4O2. The molecule has 1 atom stereocenters. The Morgan fingerprint density at radius 3 is 2.74 bits per heavy atom. The van der Waals surface area contributed by atoms with E-state index in [0.29, 0.717) is 25.5 Å². The number of halogens is 1. The number of anilines is 1. The van der Waals surface area contributed by atoms with Crippen LogP contribution in [0.5, 0.6) is 0 Å². The van der Waals surface area contributed by atoms with Gasteiger partial charge in [0.25, 0.3) is 0 Å². The standard InChI is InChI=1S/C20H28N4O2.ClH/c1-14-7-5-6-8-16(14)24-18(12-17(23-24)20(2,3)4)22-19(25)11-15-13-26-10-9-21-15;/h5-8,12,15,21H,9-11,13H2,1-4H3,(H,22,25);1H. The van der Waals surface area contributed by atoms with Crippen LogP contribution in [0.25, 0.3) is 5.69 Å². The third kappa shape index (κ3) is 5.31. The topological polar surface area (TPSA) is 68.2 Å². The first kappa shape index (κ1) is 21.4. The number of aromatic nitrogens is 2. The van der Waals surface area contributed by atoms with Gasteiger partial charge in [-0.1, -0.05) is 39.0 Å². The summed E-state index contributed by atoms with van der Waals surface area (Å²) in [6.45, 7) is 10.5. The minimum atomic E-state index is -0.105. The number of hydrogen-bond acceptors (Lipinski definition) is 4. The normalized spacial score (nSPS) is 17.3. The Balaban J connectivity index is 0.00000261. The Labute approximate surface area is 167 Å². The lowest BCUT2D eigenvalue weighted by Crippen LogP contribution is -2.43.